The molecule has 0 spiro atoms. The van der Waals surface area contributed by atoms with Gasteiger partial charge in [-0.1, -0.05) is 0 Å². The van der Waals surface area contributed by atoms with Gasteiger partial charge in [-0.2, -0.15) is 18.3 Å². The summed E-state index contributed by atoms with van der Waals surface area (Å²) in [6, 6.07) is 0.861. The topological polar surface area (TPSA) is 91.0 Å². The van der Waals surface area contributed by atoms with Crippen molar-refractivity contribution in [2.45, 2.75) is 31.5 Å². The zero-order chi connectivity index (χ0) is 18.4. The number of carbonyl (C=O) groups is 1. The van der Waals surface area contributed by atoms with Crippen molar-refractivity contribution in [3.8, 4) is 0 Å². The minimum absolute atomic E-state index is 0.0728. The lowest BCUT2D eigenvalue weighted by molar-refractivity contribution is -0.142. The second kappa shape index (κ2) is 5.95. The summed E-state index contributed by atoms with van der Waals surface area (Å²) in [7, 11) is 0. The Kier molecular flexibility index (Phi) is 4.20. The summed E-state index contributed by atoms with van der Waals surface area (Å²) in [5.74, 6) is -0.576. The van der Waals surface area contributed by atoms with Gasteiger partial charge in [0.05, 0.1) is 19.3 Å². The lowest BCUT2D eigenvalue weighted by Gasteiger charge is -2.37. The zero-order valence-electron chi connectivity index (χ0n) is 13.4. The number of fused-ring (bicyclic) bond motifs is 1. The molecule has 1 amide bonds. The van der Waals surface area contributed by atoms with E-state index >= 15 is 0 Å². The Labute approximate surface area is 140 Å². The van der Waals surface area contributed by atoms with Crippen molar-refractivity contribution in [2.75, 3.05) is 19.7 Å². The molecule has 2 aromatic rings. The van der Waals surface area contributed by atoms with Gasteiger partial charge in [-0.15, -0.1) is 0 Å². The third-order valence-corrected chi connectivity index (χ3v) is 4.26. The number of alkyl halides is 3. The van der Waals surface area contributed by atoms with Gasteiger partial charge in [0.1, 0.15) is 16.9 Å². The van der Waals surface area contributed by atoms with E-state index in [0.717, 1.165) is 12.3 Å². The number of amides is 1. The number of carbonyl (C=O) groups excluding carboxylic acids is 1. The van der Waals surface area contributed by atoms with Crippen LogP contribution in [-0.2, 0) is 6.18 Å². The van der Waals surface area contributed by atoms with Crippen LogP contribution in [0.1, 0.15) is 34.6 Å². The Morgan fingerprint density at radius 2 is 2.16 bits per heavy atom. The van der Waals surface area contributed by atoms with Crippen LogP contribution in [0.2, 0.25) is 0 Å². The molecule has 0 saturated carbocycles. The van der Waals surface area contributed by atoms with Gasteiger partial charge in [-0.05, 0) is 25.8 Å². The molecule has 1 atom stereocenters. The van der Waals surface area contributed by atoms with Crippen LogP contribution in [0.15, 0.2) is 12.3 Å². The highest BCUT2D eigenvalue weighted by molar-refractivity contribution is 5.99. The van der Waals surface area contributed by atoms with E-state index in [-0.39, 0.29) is 23.4 Å². The van der Waals surface area contributed by atoms with Gasteiger partial charge in [0.25, 0.3) is 5.91 Å². The summed E-state index contributed by atoms with van der Waals surface area (Å²) in [5, 5.41) is 23.1. The van der Waals surface area contributed by atoms with E-state index in [0.29, 0.717) is 23.9 Å². The van der Waals surface area contributed by atoms with E-state index in [1.807, 2.05) is 0 Å². The number of aryl methyl sites for hydroxylation is 1. The minimum Gasteiger partial charge on any atom is -0.393 e. The van der Waals surface area contributed by atoms with Gasteiger partial charge in [0, 0.05) is 12.2 Å². The fourth-order valence-electron chi connectivity index (χ4n) is 3.02. The quantitative estimate of drug-likeness (QED) is 0.836. The molecule has 2 aromatic heterocycles. The predicted octanol–water partition coefficient (Wildman–Crippen LogP) is 1.02. The molecule has 3 heterocycles. The van der Waals surface area contributed by atoms with Crippen LogP contribution in [0.3, 0.4) is 0 Å². The first-order chi connectivity index (χ1) is 11.6. The Morgan fingerprint density at radius 3 is 2.80 bits per heavy atom. The molecule has 0 radical (unpaired) electrons. The second-order valence-electron chi connectivity index (χ2n) is 6.29. The van der Waals surface area contributed by atoms with Gasteiger partial charge in [0.15, 0.2) is 5.65 Å². The molecular formula is C15H17F3N4O3. The second-order valence-corrected chi connectivity index (χ2v) is 6.29. The lowest BCUT2D eigenvalue weighted by Crippen LogP contribution is -2.52. The summed E-state index contributed by atoms with van der Waals surface area (Å²) in [6.07, 6.45) is -2.77. The van der Waals surface area contributed by atoms with E-state index in [2.05, 4.69) is 10.1 Å². The number of nitrogens with zero attached hydrogens (tertiary/aromatic N) is 4. The van der Waals surface area contributed by atoms with E-state index < -0.39 is 30.0 Å². The summed E-state index contributed by atoms with van der Waals surface area (Å²) < 4.78 is 40.1. The lowest BCUT2D eigenvalue weighted by atomic mass is 9.93. The van der Waals surface area contributed by atoms with Crippen molar-refractivity contribution in [1.29, 1.82) is 0 Å². The van der Waals surface area contributed by atoms with Crippen molar-refractivity contribution < 1.29 is 28.2 Å². The Bertz CT molecular complexity index is 820. The molecule has 1 aliphatic heterocycles. The molecule has 1 fully saturated rings. The number of rotatable bonds is 2. The standard InChI is InChI=1S/C15H17F3N4O3/c1-9-5-11(15(16,17)18)22-12(20-9)10(6-19-22)13(24)21-4-2-3-14(25,7-21)8-23/h5-6,23,25H,2-4,7-8H2,1H3. The molecule has 0 aromatic carbocycles. The van der Waals surface area contributed by atoms with Gasteiger partial charge in [-0.25, -0.2) is 9.50 Å². The van der Waals surface area contributed by atoms with Crippen molar-refractivity contribution >= 4 is 11.6 Å². The first-order valence-corrected chi connectivity index (χ1v) is 7.70. The monoisotopic (exact) mass is 358 g/mol. The Morgan fingerprint density at radius 1 is 1.44 bits per heavy atom. The van der Waals surface area contributed by atoms with E-state index in [9.17, 15) is 28.2 Å². The van der Waals surface area contributed by atoms with E-state index in [1.165, 1.54) is 11.8 Å². The van der Waals surface area contributed by atoms with Crippen LogP contribution in [0.4, 0.5) is 13.2 Å². The summed E-state index contributed by atoms with van der Waals surface area (Å²) >= 11 is 0. The van der Waals surface area contributed by atoms with Gasteiger partial charge in [-0.3, -0.25) is 4.79 Å². The first-order valence-electron chi connectivity index (χ1n) is 7.70. The normalized spacial score (nSPS) is 21.8. The van der Waals surface area contributed by atoms with Crippen molar-refractivity contribution in [1.82, 2.24) is 19.5 Å². The number of halogens is 3. The summed E-state index contributed by atoms with van der Waals surface area (Å²) in [5.41, 5.74) is -2.57. The predicted molar refractivity (Wildman–Crippen MR) is 79.9 cm³/mol. The highest BCUT2D eigenvalue weighted by atomic mass is 19.4. The molecule has 2 N–H and O–H groups in total. The van der Waals surface area contributed by atoms with Crippen LogP contribution in [-0.4, -0.2) is 60.9 Å². The van der Waals surface area contributed by atoms with Crippen molar-refractivity contribution in [3.63, 3.8) is 0 Å². The summed E-state index contributed by atoms with van der Waals surface area (Å²) in [6.45, 7) is 1.14. The molecule has 0 aliphatic carbocycles. The third-order valence-electron chi connectivity index (χ3n) is 4.26. The number of β-amino-alcohol motifs (C(OH)–C–C–N with tert-alkyl or cyclic N) is 1. The largest absolute Gasteiger partial charge is 0.433 e. The average Bonchev–Trinajstić information content (AvgIpc) is 2.96. The maximum Gasteiger partial charge on any atom is 0.433 e. The highest BCUT2D eigenvalue weighted by Crippen LogP contribution is 2.31. The van der Waals surface area contributed by atoms with Crippen molar-refractivity contribution in [2.24, 2.45) is 0 Å². The van der Waals surface area contributed by atoms with E-state index in [1.54, 1.807) is 0 Å². The number of aromatic nitrogens is 3. The molecule has 136 valence electrons. The highest BCUT2D eigenvalue weighted by Gasteiger charge is 2.38. The molecule has 1 saturated heterocycles. The maximum absolute atomic E-state index is 13.2. The number of piperidine rings is 1. The molecule has 7 nitrogen and oxygen atoms in total. The molecule has 25 heavy (non-hydrogen) atoms. The molecule has 1 unspecified atom stereocenters. The average molecular weight is 358 g/mol. The number of likely N-dealkylation sites (tertiary alicyclic amines) is 1. The van der Waals surface area contributed by atoms with Crippen LogP contribution in [0, 0.1) is 6.92 Å². The number of hydrogen-bond donors (Lipinski definition) is 2. The zero-order valence-corrected chi connectivity index (χ0v) is 13.4. The maximum atomic E-state index is 13.2. The number of hydrogen-bond acceptors (Lipinski definition) is 5. The fraction of sp³-hybridized carbons (Fsp3) is 0.533. The van der Waals surface area contributed by atoms with Crippen LogP contribution < -0.4 is 0 Å². The Hall–Kier alpha value is -2.20. The third kappa shape index (κ3) is 3.19. The SMILES string of the molecule is Cc1cc(C(F)(F)F)n2ncc(C(=O)N3CCCC(O)(CO)C3)c2n1. The summed E-state index contributed by atoms with van der Waals surface area (Å²) in [4.78, 5) is 18.0. The molecule has 10 heteroatoms. The fourth-order valence-corrected chi connectivity index (χ4v) is 3.02. The number of aliphatic hydroxyl groups is 2. The van der Waals surface area contributed by atoms with Crippen LogP contribution >= 0.6 is 0 Å². The molecular weight excluding hydrogens is 341 g/mol. The number of aliphatic hydroxyl groups excluding tert-OH is 1. The molecule has 0 bridgehead atoms. The van der Waals surface area contributed by atoms with Crippen LogP contribution in [0.25, 0.3) is 5.65 Å². The van der Waals surface area contributed by atoms with Crippen molar-refractivity contribution in [3.05, 3.63) is 29.2 Å². The van der Waals surface area contributed by atoms with Gasteiger partial charge >= 0.3 is 6.18 Å². The van der Waals surface area contributed by atoms with E-state index in [4.69, 9.17) is 0 Å². The smallest absolute Gasteiger partial charge is 0.393 e. The minimum atomic E-state index is -4.64. The Balaban J connectivity index is 2.02. The molecule has 1 aliphatic rings. The van der Waals surface area contributed by atoms with Crippen LogP contribution in [0.5, 0.6) is 0 Å². The first kappa shape index (κ1) is 17.6. The van der Waals surface area contributed by atoms with Gasteiger partial charge < -0.3 is 15.1 Å². The molecule has 3 rings (SSSR count). The van der Waals surface area contributed by atoms with Gasteiger partial charge in [0.2, 0.25) is 0 Å².